The van der Waals surface area contributed by atoms with Gasteiger partial charge in [-0.25, -0.2) is 0 Å². The highest BCUT2D eigenvalue weighted by Crippen LogP contribution is 2.26. The molecular weight excluding hydrogens is 268 g/mol. The topological polar surface area (TPSA) is 46.3 Å². The van der Waals surface area contributed by atoms with Gasteiger partial charge in [-0.15, -0.1) is 0 Å². The monoisotopic (exact) mass is 290 g/mol. The van der Waals surface area contributed by atoms with Crippen LogP contribution in [0.3, 0.4) is 0 Å². The second-order valence-electron chi connectivity index (χ2n) is 5.50. The van der Waals surface area contributed by atoms with Gasteiger partial charge in [0.15, 0.2) is 0 Å². The number of amides is 1. The van der Waals surface area contributed by atoms with Crippen molar-refractivity contribution in [3.63, 3.8) is 0 Å². The van der Waals surface area contributed by atoms with Gasteiger partial charge < -0.3 is 10.6 Å². The standard InChI is InChI=1S/C16H22N2OS/c1-18(14-10-8-12(9-11-14)15(17)20)16(19)13-6-4-2-3-5-7-13/h8-11,13H,2-7H2,1H3,(H2,17,20). The number of thiocarbonyl (C=S) groups is 1. The van der Waals surface area contributed by atoms with Crippen molar-refractivity contribution in [2.75, 3.05) is 11.9 Å². The maximum atomic E-state index is 12.5. The third-order valence-electron chi connectivity index (χ3n) is 4.07. The first-order chi connectivity index (χ1) is 9.59. The molecule has 1 aromatic rings. The summed E-state index contributed by atoms with van der Waals surface area (Å²) in [5, 5.41) is 0. The van der Waals surface area contributed by atoms with Gasteiger partial charge in [-0.2, -0.15) is 0 Å². The Bertz CT molecular complexity index is 476. The summed E-state index contributed by atoms with van der Waals surface area (Å²) >= 11 is 4.94. The molecule has 1 aromatic carbocycles. The van der Waals surface area contributed by atoms with E-state index in [-0.39, 0.29) is 11.8 Å². The first-order valence-corrected chi connectivity index (χ1v) is 7.68. The molecule has 0 spiro atoms. The van der Waals surface area contributed by atoms with E-state index in [0.717, 1.165) is 24.1 Å². The van der Waals surface area contributed by atoms with Crippen LogP contribution in [-0.4, -0.2) is 17.9 Å². The van der Waals surface area contributed by atoms with Gasteiger partial charge in [0.05, 0.1) is 0 Å². The highest BCUT2D eigenvalue weighted by molar-refractivity contribution is 7.80. The lowest BCUT2D eigenvalue weighted by Crippen LogP contribution is -2.32. The Labute approximate surface area is 126 Å². The summed E-state index contributed by atoms with van der Waals surface area (Å²) in [4.78, 5) is 14.7. The molecule has 20 heavy (non-hydrogen) atoms. The number of benzene rings is 1. The first-order valence-electron chi connectivity index (χ1n) is 7.27. The second kappa shape index (κ2) is 6.84. The van der Waals surface area contributed by atoms with Gasteiger partial charge in [-0.3, -0.25) is 4.79 Å². The van der Waals surface area contributed by atoms with Crippen LogP contribution in [0.2, 0.25) is 0 Å². The molecule has 1 amide bonds. The summed E-state index contributed by atoms with van der Waals surface area (Å²) in [5.41, 5.74) is 7.32. The Morgan fingerprint density at radius 1 is 1.15 bits per heavy atom. The van der Waals surface area contributed by atoms with E-state index < -0.39 is 0 Å². The van der Waals surface area contributed by atoms with E-state index in [1.54, 1.807) is 4.90 Å². The molecular formula is C16H22N2OS. The van der Waals surface area contributed by atoms with Crippen LogP contribution in [0.25, 0.3) is 0 Å². The quantitative estimate of drug-likeness (QED) is 0.686. The molecule has 0 atom stereocenters. The number of carbonyl (C=O) groups excluding carboxylic acids is 1. The number of nitrogens with two attached hydrogens (primary N) is 1. The Kier molecular flexibility index (Phi) is 5.12. The zero-order valence-electron chi connectivity index (χ0n) is 12.0. The van der Waals surface area contributed by atoms with Crippen LogP contribution in [0.5, 0.6) is 0 Å². The molecule has 4 heteroatoms. The van der Waals surface area contributed by atoms with Gasteiger partial charge in [-0.1, -0.05) is 37.9 Å². The SMILES string of the molecule is CN(C(=O)C1CCCCCC1)c1ccc(C(N)=S)cc1. The van der Waals surface area contributed by atoms with E-state index in [1.807, 2.05) is 31.3 Å². The van der Waals surface area contributed by atoms with Crippen LogP contribution in [0, 0.1) is 5.92 Å². The van der Waals surface area contributed by atoms with Crippen molar-refractivity contribution in [3.8, 4) is 0 Å². The average molecular weight is 290 g/mol. The summed E-state index contributed by atoms with van der Waals surface area (Å²) in [7, 11) is 1.85. The predicted molar refractivity (Wildman–Crippen MR) is 86.9 cm³/mol. The second-order valence-corrected chi connectivity index (χ2v) is 5.94. The summed E-state index contributed by atoms with van der Waals surface area (Å²) in [6.45, 7) is 0. The van der Waals surface area contributed by atoms with Gasteiger partial charge in [0.1, 0.15) is 4.99 Å². The highest BCUT2D eigenvalue weighted by atomic mass is 32.1. The van der Waals surface area contributed by atoms with Gasteiger partial charge in [0.2, 0.25) is 5.91 Å². The van der Waals surface area contributed by atoms with E-state index in [1.165, 1.54) is 25.7 Å². The third-order valence-corrected chi connectivity index (χ3v) is 4.31. The van der Waals surface area contributed by atoms with Gasteiger partial charge >= 0.3 is 0 Å². The van der Waals surface area contributed by atoms with Crippen LogP contribution < -0.4 is 10.6 Å². The lowest BCUT2D eigenvalue weighted by molar-refractivity contribution is -0.122. The molecule has 2 N–H and O–H groups in total. The zero-order valence-corrected chi connectivity index (χ0v) is 12.8. The van der Waals surface area contributed by atoms with E-state index in [0.29, 0.717) is 4.99 Å². The minimum Gasteiger partial charge on any atom is -0.389 e. The first kappa shape index (κ1) is 15.0. The van der Waals surface area contributed by atoms with Crippen molar-refractivity contribution in [1.29, 1.82) is 0 Å². The number of hydrogen-bond donors (Lipinski definition) is 1. The number of carbonyl (C=O) groups is 1. The van der Waals surface area contributed by atoms with Gasteiger partial charge in [0, 0.05) is 24.2 Å². The van der Waals surface area contributed by atoms with Crippen LogP contribution in [-0.2, 0) is 4.79 Å². The fraction of sp³-hybridized carbons (Fsp3) is 0.500. The van der Waals surface area contributed by atoms with Crippen LogP contribution in [0.1, 0.15) is 44.1 Å². The molecule has 1 aliphatic rings. The summed E-state index contributed by atoms with van der Waals surface area (Å²) in [6, 6.07) is 7.55. The minimum atomic E-state index is 0.178. The molecule has 1 aliphatic carbocycles. The van der Waals surface area contributed by atoms with Crippen molar-refractivity contribution in [3.05, 3.63) is 29.8 Å². The predicted octanol–water partition coefficient (Wildman–Crippen LogP) is 3.25. The fourth-order valence-corrected chi connectivity index (χ4v) is 2.91. The van der Waals surface area contributed by atoms with E-state index in [9.17, 15) is 4.79 Å². The normalized spacial score (nSPS) is 16.4. The highest BCUT2D eigenvalue weighted by Gasteiger charge is 2.23. The average Bonchev–Trinajstić information content (AvgIpc) is 2.75. The molecule has 0 saturated heterocycles. The Morgan fingerprint density at radius 3 is 2.20 bits per heavy atom. The maximum absolute atomic E-state index is 12.5. The molecule has 1 saturated carbocycles. The third kappa shape index (κ3) is 3.57. The molecule has 0 heterocycles. The lowest BCUT2D eigenvalue weighted by Gasteiger charge is -2.23. The lowest BCUT2D eigenvalue weighted by atomic mass is 9.98. The van der Waals surface area contributed by atoms with E-state index >= 15 is 0 Å². The van der Waals surface area contributed by atoms with Gasteiger partial charge in [-0.05, 0) is 37.1 Å². The van der Waals surface area contributed by atoms with Crippen molar-refractivity contribution >= 4 is 28.8 Å². The molecule has 2 rings (SSSR count). The molecule has 108 valence electrons. The largest absolute Gasteiger partial charge is 0.389 e. The smallest absolute Gasteiger partial charge is 0.229 e. The van der Waals surface area contributed by atoms with E-state index in [2.05, 4.69) is 0 Å². The summed E-state index contributed by atoms with van der Waals surface area (Å²) in [6.07, 6.45) is 6.91. The molecule has 1 fully saturated rings. The summed E-state index contributed by atoms with van der Waals surface area (Å²) in [5.74, 6) is 0.410. The molecule has 0 aromatic heterocycles. The van der Waals surface area contributed by atoms with Crippen molar-refractivity contribution < 1.29 is 4.79 Å². The Morgan fingerprint density at radius 2 is 1.70 bits per heavy atom. The minimum absolute atomic E-state index is 0.178. The molecule has 3 nitrogen and oxygen atoms in total. The zero-order chi connectivity index (χ0) is 14.5. The number of nitrogens with zero attached hydrogens (tertiary/aromatic N) is 1. The Balaban J connectivity index is 2.07. The Hall–Kier alpha value is -1.42. The molecule has 0 radical (unpaired) electrons. The van der Waals surface area contributed by atoms with E-state index in [4.69, 9.17) is 18.0 Å². The number of rotatable bonds is 3. The maximum Gasteiger partial charge on any atom is 0.229 e. The number of hydrogen-bond acceptors (Lipinski definition) is 2. The van der Waals surface area contributed by atoms with Crippen molar-refractivity contribution in [1.82, 2.24) is 0 Å². The van der Waals surface area contributed by atoms with Crippen molar-refractivity contribution in [2.24, 2.45) is 11.7 Å². The molecule has 0 unspecified atom stereocenters. The number of anilines is 1. The van der Waals surface area contributed by atoms with Crippen LogP contribution in [0.15, 0.2) is 24.3 Å². The summed E-state index contributed by atoms with van der Waals surface area (Å²) < 4.78 is 0. The molecule has 0 aliphatic heterocycles. The molecule has 0 bridgehead atoms. The van der Waals surface area contributed by atoms with Crippen molar-refractivity contribution in [2.45, 2.75) is 38.5 Å². The fourth-order valence-electron chi connectivity index (χ4n) is 2.78. The van der Waals surface area contributed by atoms with Crippen LogP contribution >= 0.6 is 12.2 Å². The van der Waals surface area contributed by atoms with Crippen LogP contribution in [0.4, 0.5) is 5.69 Å². The van der Waals surface area contributed by atoms with Gasteiger partial charge in [0.25, 0.3) is 0 Å².